The third-order valence-corrected chi connectivity index (χ3v) is 2.90. The predicted molar refractivity (Wildman–Crippen MR) is 66.9 cm³/mol. The van der Waals surface area contributed by atoms with E-state index in [2.05, 4.69) is 11.9 Å². The zero-order valence-electron chi connectivity index (χ0n) is 9.78. The first-order valence-corrected chi connectivity index (χ1v) is 6.08. The van der Waals surface area contributed by atoms with Gasteiger partial charge in [0.1, 0.15) is 6.04 Å². The molecule has 2 N–H and O–H groups in total. The molecule has 0 aliphatic heterocycles. The summed E-state index contributed by atoms with van der Waals surface area (Å²) in [6, 6.07) is 4.26. The fourth-order valence-corrected chi connectivity index (χ4v) is 1.95. The molecule has 1 aromatic carbocycles. The summed E-state index contributed by atoms with van der Waals surface area (Å²) in [5, 5.41) is 11.7. The average molecular weight is 291 g/mol. The molecule has 7 heteroatoms. The van der Waals surface area contributed by atoms with Crippen LogP contribution in [0.2, 0.25) is 0 Å². The molecule has 0 aliphatic rings. The molecule has 0 spiro atoms. The van der Waals surface area contributed by atoms with Crippen LogP contribution >= 0.6 is 11.8 Å². The second kappa shape index (κ2) is 6.63. The summed E-state index contributed by atoms with van der Waals surface area (Å²) in [7, 11) is 0. The molecule has 1 atom stereocenters. The molecule has 0 saturated carbocycles. The van der Waals surface area contributed by atoms with Crippen LogP contribution in [-0.2, 0) is 4.79 Å². The molecule has 0 fully saturated rings. The van der Waals surface area contributed by atoms with E-state index in [-0.39, 0.29) is 23.2 Å². The quantitative estimate of drug-likeness (QED) is 0.624. The minimum Gasteiger partial charge on any atom is -0.480 e. The molecule has 3 nitrogen and oxygen atoms in total. The summed E-state index contributed by atoms with van der Waals surface area (Å²) in [6.07, 6.45) is 1.50. The minimum absolute atomic E-state index is 0.0177. The van der Waals surface area contributed by atoms with Crippen LogP contribution in [0.25, 0.3) is 0 Å². The fourth-order valence-electron chi connectivity index (χ4n) is 1.41. The molecular weight excluding hydrogens is 279 g/mol. The summed E-state index contributed by atoms with van der Waals surface area (Å²) < 4.78 is 36.4. The standard InChI is InChI=1S/C12H12F3NO2S/c1-2-7-16-10(11(17)18)8-3-5-9(6-4-8)19-12(13,14)15/h2-6,10,16H,1,7H2,(H,17,18). The lowest BCUT2D eigenvalue weighted by atomic mass is 10.1. The number of thioether (sulfide) groups is 1. The Morgan fingerprint density at radius 2 is 2.00 bits per heavy atom. The number of nitrogens with one attached hydrogen (secondary N) is 1. The smallest absolute Gasteiger partial charge is 0.446 e. The molecule has 1 aromatic rings. The molecule has 104 valence electrons. The van der Waals surface area contributed by atoms with Crippen LogP contribution in [0, 0.1) is 0 Å². The Labute approximate surface area is 112 Å². The van der Waals surface area contributed by atoms with Crippen molar-refractivity contribution in [2.24, 2.45) is 0 Å². The van der Waals surface area contributed by atoms with Gasteiger partial charge in [-0.05, 0) is 29.5 Å². The van der Waals surface area contributed by atoms with Gasteiger partial charge in [0.05, 0.1) is 0 Å². The topological polar surface area (TPSA) is 49.3 Å². The first-order chi connectivity index (χ1) is 8.83. The van der Waals surface area contributed by atoms with Gasteiger partial charge < -0.3 is 5.11 Å². The number of hydrogen-bond acceptors (Lipinski definition) is 3. The van der Waals surface area contributed by atoms with Crippen LogP contribution in [0.15, 0.2) is 41.8 Å². The lowest BCUT2D eigenvalue weighted by Crippen LogP contribution is -2.28. The number of alkyl halides is 3. The Morgan fingerprint density at radius 3 is 2.42 bits per heavy atom. The third kappa shape index (κ3) is 5.35. The summed E-state index contributed by atoms with van der Waals surface area (Å²) in [4.78, 5) is 11.1. The van der Waals surface area contributed by atoms with Crippen LogP contribution < -0.4 is 5.32 Å². The summed E-state index contributed by atoms with van der Waals surface area (Å²) in [6.45, 7) is 3.74. The third-order valence-electron chi connectivity index (χ3n) is 2.16. The highest BCUT2D eigenvalue weighted by molar-refractivity contribution is 8.00. The highest BCUT2D eigenvalue weighted by atomic mass is 32.2. The van der Waals surface area contributed by atoms with E-state index >= 15 is 0 Å². The number of aliphatic carboxylic acids is 1. The SMILES string of the molecule is C=CCNC(C(=O)O)c1ccc(SC(F)(F)F)cc1. The van der Waals surface area contributed by atoms with Gasteiger partial charge in [-0.3, -0.25) is 10.1 Å². The van der Waals surface area contributed by atoms with Crippen molar-refractivity contribution in [3.63, 3.8) is 0 Å². The van der Waals surface area contributed by atoms with E-state index in [4.69, 9.17) is 5.11 Å². The van der Waals surface area contributed by atoms with E-state index in [9.17, 15) is 18.0 Å². The monoisotopic (exact) mass is 291 g/mol. The van der Waals surface area contributed by atoms with E-state index in [1.165, 1.54) is 30.3 Å². The summed E-state index contributed by atoms with van der Waals surface area (Å²) >= 11 is -0.237. The van der Waals surface area contributed by atoms with Crippen LogP contribution in [-0.4, -0.2) is 23.1 Å². The number of benzene rings is 1. The van der Waals surface area contributed by atoms with Crippen molar-refractivity contribution in [3.8, 4) is 0 Å². The molecule has 0 bridgehead atoms. The Bertz CT molecular complexity index is 445. The Kier molecular flexibility index (Phi) is 5.44. The van der Waals surface area contributed by atoms with Gasteiger partial charge >= 0.3 is 11.5 Å². The van der Waals surface area contributed by atoms with E-state index in [1.54, 1.807) is 0 Å². The number of halogens is 3. The maximum Gasteiger partial charge on any atom is 0.446 e. The molecule has 0 saturated heterocycles. The van der Waals surface area contributed by atoms with Gasteiger partial charge in [-0.1, -0.05) is 18.2 Å². The zero-order chi connectivity index (χ0) is 14.5. The Balaban J connectivity index is 2.83. The van der Waals surface area contributed by atoms with Crippen molar-refractivity contribution in [2.75, 3.05) is 6.54 Å². The van der Waals surface area contributed by atoms with E-state index in [1.807, 2.05) is 0 Å². The van der Waals surface area contributed by atoms with Crippen LogP contribution in [0.5, 0.6) is 0 Å². The number of carboxylic acid groups (broad SMARTS) is 1. The van der Waals surface area contributed by atoms with Crippen LogP contribution in [0.3, 0.4) is 0 Å². The largest absolute Gasteiger partial charge is 0.480 e. The fraction of sp³-hybridized carbons (Fsp3) is 0.250. The number of carboxylic acids is 1. The molecule has 0 radical (unpaired) electrons. The highest BCUT2D eigenvalue weighted by Gasteiger charge is 2.29. The van der Waals surface area contributed by atoms with Gasteiger partial charge in [0.25, 0.3) is 0 Å². The van der Waals surface area contributed by atoms with Gasteiger partial charge in [-0.25, -0.2) is 0 Å². The molecule has 1 rings (SSSR count). The molecule has 0 aliphatic carbocycles. The van der Waals surface area contributed by atoms with E-state index in [0.29, 0.717) is 5.56 Å². The van der Waals surface area contributed by atoms with E-state index in [0.717, 1.165) is 0 Å². The lowest BCUT2D eigenvalue weighted by molar-refractivity contribution is -0.139. The summed E-state index contributed by atoms with van der Waals surface area (Å²) in [5.74, 6) is -1.10. The van der Waals surface area contributed by atoms with E-state index < -0.39 is 17.5 Å². The van der Waals surface area contributed by atoms with Gasteiger partial charge in [0, 0.05) is 11.4 Å². The maximum atomic E-state index is 12.1. The zero-order valence-corrected chi connectivity index (χ0v) is 10.6. The van der Waals surface area contributed by atoms with Crippen LogP contribution in [0.4, 0.5) is 13.2 Å². The van der Waals surface area contributed by atoms with Gasteiger partial charge in [0.2, 0.25) is 0 Å². The molecule has 1 unspecified atom stereocenters. The number of carbonyl (C=O) groups is 1. The normalized spacial score (nSPS) is 13.0. The van der Waals surface area contributed by atoms with Gasteiger partial charge in [-0.2, -0.15) is 13.2 Å². The van der Waals surface area contributed by atoms with Crippen LogP contribution in [0.1, 0.15) is 11.6 Å². The van der Waals surface area contributed by atoms with Crippen molar-refractivity contribution in [2.45, 2.75) is 16.4 Å². The lowest BCUT2D eigenvalue weighted by Gasteiger charge is -2.14. The molecule has 0 amide bonds. The second-order valence-corrected chi connectivity index (χ2v) is 4.72. The van der Waals surface area contributed by atoms with Crippen molar-refractivity contribution < 1.29 is 23.1 Å². The predicted octanol–water partition coefficient (Wildman–Crippen LogP) is 3.20. The number of hydrogen-bond donors (Lipinski definition) is 2. The molecule has 0 aromatic heterocycles. The first kappa shape index (κ1) is 15.6. The Hall–Kier alpha value is -1.47. The van der Waals surface area contributed by atoms with Crippen molar-refractivity contribution in [3.05, 3.63) is 42.5 Å². The van der Waals surface area contributed by atoms with Crippen molar-refractivity contribution in [1.29, 1.82) is 0 Å². The molecule has 19 heavy (non-hydrogen) atoms. The second-order valence-electron chi connectivity index (χ2n) is 3.59. The minimum atomic E-state index is -4.35. The van der Waals surface area contributed by atoms with Gasteiger partial charge in [0.15, 0.2) is 0 Å². The summed E-state index contributed by atoms with van der Waals surface area (Å²) in [5.41, 5.74) is -3.96. The average Bonchev–Trinajstić information content (AvgIpc) is 2.29. The van der Waals surface area contributed by atoms with Crippen molar-refractivity contribution >= 4 is 17.7 Å². The number of rotatable bonds is 6. The van der Waals surface area contributed by atoms with Crippen molar-refractivity contribution in [1.82, 2.24) is 5.32 Å². The first-order valence-electron chi connectivity index (χ1n) is 5.26. The molecular formula is C12H12F3NO2S. The van der Waals surface area contributed by atoms with Gasteiger partial charge in [-0.15, -0.1) is 6.58 Å². The Morgan fingerprint density at radius 1 is 1.42 bits per heavy atom. The highest BCUT2D eigenvalue weighted by Crippen LogP contribution is 2.37. The maximum absolute atomic E-state index is 12.1. The molecule has 0 heterocycles.